The summed E-state index contributed by atoms with van der Waals surface area (Å²) in [5, 5.41) is 20.0. The van der Waals surface area contributed by atoms with E-state index < -0.39 is 33.8 Å². The van der Waals surface area contributed by atoms with Crippen LogP contribution in [0.15, 0.2) is 51.7 Å². The molecule has 2 aromatic rings. The van der Waals surface area contributed by atoms with Crippen LogP contribution in [0.4, 0.5) is 0 Å². The lowest BCUT2D eigenvalue weighted by molar-refractivity contribution is -0.0989. The maximum atomic E-state index is 12.2. The van der Waals surface area contributed by atoms with Crippen LogP contribution in [0.5, 0.6) is 0 Å². The SMILES string of the molecule is O=c1cc(-c2ccccc2)oc2c1C(O)=CC(O)(OS(=O)(=O)O)C2. The van der Waals surface area contributed by atoms with E-state index in [0.717, 1.165) is 0 Å². The summed E-state index contributed by atoms with van der Waals surface area (Å²) in [6.45, 7) is 0. The molecule has 3 N–H and O–H groups in total. The highest BCUT2D eigenvalue weighted by Gasteiger charge is 2.39. The van der Waals surface area contributed by atoms with Gasteiger partial charge in [0.1, 0.15) is 22.8 Å². The molecule has 1 aromatic carbocycles. The lowest BCUT2D eigenvalue weighted by Crippen LogP contribution is -2.38. The summed E-state index contributed by atoms with van der Waals surface area (Å²) in [5.74, 6) is -3.29. The van der Waals surface area contributed by atoms with Crippen molar-refractivity contribution in [3.05, 3.63) is 64.0 Å². The lowest BCUT2D eigenvalue weighted by Gasteiger charge is -2.26. The van der Waals surface area contributed by atoms with Gasteiger partial charge < -0.3 is 14.6 Å². The van der Waals surface area contributed by atoms with Gasteiger partial charge in [-0.15, -0.1) is 0 Å². The summed E-state index contributed by atoms with van der Waals surface area (Å²) in [6, 6.07) is 9.77. The Morgan fingerprint density at radius 3 is 2.50 bits per heavy atom. The van der Waals surface area contributed by atoms with Crippen molar-refractivity contribution in [2.24, 2.45) is 0 Å². The van der Waals surface area contributed by atoms with Crippen LogP contribution in [0.2, 0.25) is 0 Å². The van der Waals surface area contributed by atoms with Gasteiger partial charge >= 0.3 is 10.4 Å². The maximum Gasteiger partial charge on any atom is 0.400 e. The number of aliphatic hydroxyl groups is 2. The van der Waals surface area contributed by atoms with Crippen molar-refractivity contribution in [2.75, 3.05) is 0 Å². The Bertz CT molecular complexity index is 974. The summed E-state index contributed by atoms with van der Waals surface area (Å²) in [7, 11) is -5.01. The predicted octanol–water partition coefficient (Wildman–Crippen LogP) is 1.27. The largest absolute Gasteiger partial charge is 0.507 e. The van der Waals surface area contributed by atoms with E-state index >= 15 is 0 Å². The Kier molecular flexibility index (Phi) is 3.80. The third-order valence-corrected chi connectivity index (χ3v) is 3.86. The quantitative estimate of drug-likeness (QED) is 0.555. The van der Waals surface area contributed by atoms with E-state index in [-0.39, 0.29) is 17.1 Å². The van der Waals surface area contributed by atoms with E-state index in [4.69, 9.17) is 8.97 Å². The molecule has 126 valence electrons. The van der Waals surface area contributed by atoms with E-state index in [1.807, 2.05) is 0 Å². The highest BCUT2D eigenvalue weighted by molar-refractivity contribution is 7.80. The van der Waals surface area contributed by atoms with Crippen molar-refractivity contribution in [3.8, 4) is 11.3 Å². The van der Waals surface area contributed by atoms with Gasteiger partial charge in [0, 0.05) is 17.7 Å². The Morgan fingerprint density at radius 2 is 1.88 bits per heavy atom. The molecule has 0 spiro atoms. The number of aliphatic hydroxyl groups excluding tert-OH is 1. The molecule has 24 heavy (non-hydrogen) atoms. The Hall–Kier alpha value is -2.46. The Labute approximate surface area is 136 Å². The molecular weight excluding hydrogens is 340 g/mol. The molecule has 0 fully saturated rings. The van der Waals surface area contributed by atoms with Crippen molar-refractivity contribution in [2.45, 2.75) is 12.2 Å². The molecule has 0 radical (unpaired) electrons. The van der Waals surface area contributed by atoms with Gasteiger partial charge in [0.15, 0.2) is 5.43 Å². The van der Waals surface area contributed by atoms with Crippen molar-refractivity contribution in [3.63, 3.8) is 0 Å². The van der Waals surface area contributed by atoms with E-state index in [9.17, 15) is 23.4 Å². The number of hydrogen-bond acceptors (Lipinski definition) is 7. The van der Waals surface area contributed by atoms with Crippen LogP contribution in [-0.4, -0.2) is 29.0 Å². The summed E-state index contributed by atoms with van der Waals surface area (Å²) >= 11 is 0. The number of rotatable bonds is 3. The molecular formula is C15H12O8S. The first-order valence-electron chi connectivity index (χ1n) is 6.72. The average Bonchev–Trinajstić information content (AvgIpc) is 2.44. The molecule has 1 atom stereocenters. The average molecular weight is 352 g/mol. The second-order valence-corrected chi connectivity index (χ2v) is 6.22. The van der Waals surface area contributed by atoms with Crippen molar-refractivity contribution < 1.29 is 31.8 Å². The summed E-state index contributed by atoms with van der Waals surface area (Å²) in [4.78, 5) is 12.2. The molecule has 8 nitrogen and oxygen atoms in total. The number of hydrogen-bond donors (Lipinski definition) is 3. The van der Waals surface area contributed by atoms with Crippen LogP contribution in [0.25, 0.3) is 17.1 Å². The number of fused-ring (bicyclic) bond motifs is 1. The zero-order valence-electron chi connectivity index (χ0n) is 12.0. The van der Waals surface area contributed by atoms with Gasteiger partial charge in [-0.05, 0) is 0 Å². The van der Waals surface area contributed by atoms with Gasteiger partial charge in [0.05, 0.1) is 6.42 Å². The summed E-state index contributed by atoms with van der Waals surface area (Å²) in [6.07, 6.45) is 0.0182. The zero-order chi connectivity index (χ0) is 17.5. The molecule has 1 heterocycles. The van der Waals surface area contributed by atoms with E-state index in [1.165, 1.54) is 6.07 Å². The molecule has 0 saturated carbocycles. The monoisotopic (exact) mass is 352 g/mol. The fourth-order valence-electron chi connectivity index (χ4n) is 2.48. The summed E-state index contributed by atoms with van der Waals surface area (Å²) in [5.41, 5.74) is -0.207. The first kappa shape index (κ1) is 16.4. The molecule has 0 aliphatic heterocycles. The predicted molar refractivity (Wildman–Crippen MR) is 82.3 cm³/mol. The van der Waals surface area contributed by atoms with Gasteiger partial charge in [0.25, 0.3) is 0 Å². The van der Waals surface area contributed by atoms with E-state index in [0.29, 0.717) is 11.6 Å². The zero-order valence-corrected chi connectivity index (χ0v) is 12.9. The van der Waals surface area contributed by atoms with Gasteiger partial charge in [-0.25, -0.2) is 4.18 Å². The second-order valence-electron chi connectivity index (χ2n) is 5.20. The van der Waals surface area contributed by atoms with Crippen LogP contribution in [0.1, 0.15) is 11.3 Å². The van der Waals surface area contributed by atoms with Crippen LogP contribution >= 0.6 is 0 Å². The molecule has 1 unspecified atom stereocenters. The van der Waals surface area contributed by atoms with E-state index in [1.54, 1.807) is 30.3 Å². The fourth-order valence-corrected chi connectivity index (χ4v) is 2.95. The molecule has 1 aliphatic carbocycles. The van der Waals surface area contributed by atoms with Crippen LogP contribution in [0.3, 0.4) is 0 Å². The first-order chi connectivity index (χ1) is 11.2. The normalized spacial score (nSPS) is 20.3. The minimum atomic E-state index is -5.01. The highest BCUT2D eigenvalue weighted by Crippen LogP contribution is 2.32. The molecule has 3 rings (SSSR count). The molecule has 0 amide bonds. The van der Waals surface area contributed by atoms with Crippen LogP contribution in [-0.2, 0) is 21.0 Å². The van der Waals surface area contributed by atoms with Gasteiger partial charge in [-0.2, -0.15) is 8.42 Å². The highest BCUT2D eigenvalue weighted by atomic mass is 32.3. The van der Waals surface area contributed by atoms with Crippen molar-refractivity contribution in [1.82, 2.24) is 0 Å². The Morgan fingerprint density at radius 1 is 1.21 bits per heavy atom. The molecule has 0 bridgehead atoms. The van der Waals surface area contributed by atoms with Gasteiger partial charge in [-0.3, -0.25) is 9.35 Å². The van der Waals surface area contributed by atoms with E-state index in [2.05, 4.69) is 4.18 Å². The smallest absolute Gasteiger partial charge is 0.400 e. The van der Waals surface area contributed by atoms with Gasteiger partial charge in [0.2, 0.25) is 5.79 Å². The standard InChI is InChI=1S/C15H12O8S/c16-10-6-12(9-4-2-1-3-5-9)22-13-8-15(18,23-24(19,20)21)7-11(17)14(10)13/h1-7,17-18H,8H2,(H,19,20,21). The van der Waals surface area contributed by atoms with Crippen molar-refractivity contribution >= 4 is 16.2 Å². The minimum absolute atomic E-state index is 0.170. The molecule has 0 saturated heterocycles. The number of benzene rings is 1. The fraction of sp³-hybridized carbons (Fsp3) is 0.133. The molecule has 1 aromatic heterocycles. The Balaban J connectivity index is 2.12. The third kappa shape index (κ3) is 3.24. The van der Waals surface area contributed by atoms with Gasteiger partial charge in [-0.1, -0.05) is 30.3 Å². The third-order valence-electron chi connectivity index (χ3n) is 3.36. The molecule has 9 heteroatoms. The topological polar surface area (TPSA) is 134 Å². The minimum Gasteiger partial charge on any atom is -0.507 e. The lowest BCUT2D eigenvalue weighted by atomic mass is 9.96. The van der Waals surface area contributed by atoms with Crippen LogP contribution < -0.4 is 5.43 Å². The summed E-state index contributed by atoms with van der Waals surface area (Å²) < 4.78 is 40.1. The molecule has 1 aliphatic rings. The second kappa shape index (κ2) is 5.56. The first-order valence-corrected chi connectivity index (χ1v) is 8.08. The maximum absolute atomic E-state index is 12.2. The van der Waals surface area contributed by atoms with Crippen LogP contribution in [0, 0.1) is 0 Å². The van der Waals surface area contributed by atoms with Crippen molar-refractivity contribution in [1.29, 1.82) is 0 Å².